The van der Waals surface area contributed by atoms with Crippen LogP contribution in [0.1, 0.15) is 51.5 Å². The molecule has 1 aliphatic carbocycles. The maximum atomic E-state index is 3.79. The summed E-state index contributed by atoms with van der Waals surface area (Å²) < 4.78 is 1.25. The molecule has 3 rings (SSSR count). The van der Waals surface area contributed by atoms with E-state index in [0.29, 0.717) is 5.41 Å². The number of hydrogen-bond acceptors (Lipinski definition) is 2. The van der Waals surface area contributed by atoms with Gasteiger partial charge in [-0.3, -0.25) is 0 Å². The van der Waals surface area contributed by atoms with E-state index in [1.165, 1.54) is 60.9 Å². The molecule has 0 amide bonds. The Morgan fingerprint density at radius 2 is 2.05 bits per heavy atom. The van der Waals surface area contributed by atoms with Crippen LogP contribution in [-0.4, -0.2) is 19.1 Å². The van der Waals surface area contributed by atoms with Crippen LogP contribution in [0.5, 0.6) is 0 Å². The maximum Gasteiger partial charge on any atom is 0.0510 e. The Bertz CT molecular complexity index is 494. The second kappa shape index (κ2) is 6.29. The lowest BCUT2D eigenvalue weighted by Gasteiger charge is -2.26. The standard InChI is InChI=1S/C18H27BrN2/c1-18(2)8-3-10-21(11-9-18)17-7-4-14(12-16(17)19)13-20-15-5-6-15/h4,7,12,15,20H,3,5-6,8-11,13H2,1-2H3. The normalized spacial score (nSPS) is 22.1. The fourth-order valence-corrected chi connectivity index (χ4v) is 3.81. The molecule has 1 aliphatic heterocycles. The Labute approximate surface area is 137 Å². The van der Waals surface area contributed by atoms with Crippen molar-refractivity contribution in [2.45, 2.75) is 58.5 Å². The van der Waals surface area contributed by atoms with Gasteiger partial charge in [-0.25, -0.2) is 0 Å². The molecule has 0 aromatic heterocycles. The number of benzene rings is 1. The van der Waals surface area contributed by atoms with Gasteiger partial charge in [0.2, 0.25) is 0 Å². The molecule has 0 spiro atoms. The fourth-order valence-electron chi connectivity index (χ4n) is 3.13. The average Bonchev–Trinajstić information content (AvgIpc) is 3.25. The molecule has 116 valence electrons. The van der Waals surface area contributed by atoms with Crippen LogP contribution in [0.3, 0.4) is 0 Å². The number of nitrogens with one attached hydrogen (secondary N) is 1. The lowest BCUT2D eigenvalue weighted by Crippen LogP contribution is -2.25. The smallest absolute Gasteiger partial charge is 0.0510 e. The lowest BCUT2D eigenvalue weighted by atomic mass is 9.85. The first kappa shape index (κ1) is 15.4. The number of halogens is 1. The second-order valence-electron chi connectivity index (χ2n) is 7.45. The minimum absolute atomic E-state index is 0.495. The van der Waals surface area contributed by atoms with E-state index in [4.69, 9.17) is 0 Å². The average molecular weight is 351 g/mol. The number of anilines is 1. The second-order valence-corrected chi connectivity index (χ2v) is 8.30. The molecule has 1 heterocycles. The third-order valence-corrected chi connectivity index (χ3v) is 5.50. The summed E-state index contributed by atoms with van der Waals surface area (Å²) in [6, 6.07) is 7.65. The van der Waals surface area contributed by atoms with Crippen LogP contribution in [-0.2, 0) is 6.54 Å². The van der Waals surface area contributed by atoms with E-state index in [1.54, 1.807) is 0 Å². The molecule has 2 nitrogen and oxygen atoms in total. The molecule has 0 bridgehead atoms. The molecule has 0 unspecified atom stereocenters. The summed E-state index contributed by atoms with van der Waals surface area (Å²) in [5.41, 5.74) is 3.24. The van der Waals surface area contributed by atoms with Gasteiger partial charge in [-0.2, -0.15) is 0 Å². The van der Waals surface area contributed by atoms with Crippen molar-refractivity contribution in [2.75, 3.05) is 18.0 Å². The zero-order chi connectivity index (χ0) is 14.9. The van der Waals surface area contributed by atoms with Crippen LogP contribution in [0.15, 0.2) is 22.7 Å². The summed E-state index contributed by atoms with van der Waals surface area (Å²) in [4.78, 5) is 2.55. The van der Waals surface area contributed by atoms with E-state index in [2.05, 4.69) is 58.2 Å². The van der Waals surface area contributed by atoms with Gasteiger partial charge in [0.1, 0.15) is 0 Å². The summed E-state index contributed by atoms with van der Waals surface area (Å²) in [7, 11) is 0. The van der Waals surface area contributed by atoms with Gasteiger partial charge >= 0.3 is 0 Å². The van der Waals surface area contributed by atoms with Crippen LogP contribution in [0.4, 0.5) is 5.69 Å². The molecule has 1 saturated heterocycles. The Morgan fingerprint density at radius 3 is 2.76 bits per heavy atom. The zero-order valence-electron chi connectivity index (χ0n) is 13.3. The number of hydrogen-bond donors (Lipinski definition) is 1. The molecule has 2 aliphatic rings. The van der Waals surface area contributed by atoms with Gasteiger partial charge in [-0.05, 0) is 71.1 Å². The lowest BCUT2D eigenvalue weighted by molar-refractivity contribution is 0.325. The Hall–Kier alpha value is -0.540. The van der Waals surface area contributed by atoms with Crippen molar-refractivity contribution in [2.24, 2.45) is 5.41 Å². The zero-order valence-corrected chi connectivity index (χ0v) is 14.9. The van der Waals surface area contributed by atoms with Gasteiger partial charge in [0.05, 0.1) is 5.69 Å². The third-order valence-electron chi connectivity index (χ3n) is 4.87. The van der Waals surface area contributed by atoms with Gasteiger partial charge < -0.3 is 10.2 Å². The summed E-state index contributed by atoms with van der Waals surface area (Å²) >= 11 is 3.79. The van der Waals surface area contributed by atoms with E-state index < -0.39 is 0 Å². The van der Waals surface area contributed by atoms with Crippen LogP contribution in [0, 0.1) is 5.41 Å². The highest BCUT2D eigenvalue weighted by Gasteiger charge is 2.24. The first-order valence-electron chi connectivity index (χ1n) is 8.30. The van der Waals surface area contributed by atoms with E-state index in [-0.39, 0.29) is 0 Å². The maximum absolute atomic E-state index is 3.79. The molecule has 1 aromatic carbocycles. The van der Waals surface area contributed by atoms with Gasteiger partial charge in [-0.1, -0.05) is 19.9 Å². The summed E-state index contributed by atoms with van der Waals surface area (Å²) in [6.07, 6.45) is 6.62. The van der Waals surface area contributed by atoms with Gasteiger partial charge in [0.15, 0.2) is 0 Å². The Balaban J connectivity index is 1.66. The number of nitrogens with zero attached hydrogens (tertiary/aromatic N) is 1. The van der Waals surface area contributed by atoms with Crippen LogP contribution >= 0.6 is 15.9 Å². The van der Waals surface area contributed by atoms with Gasteiger partial charge in [-0.15, -0.1) is 0 Å². The summed E-state index contributed by atoms with van der Waals surface area (Å²) in [5, 5.41) is 3.59. The van der Waals surface area contributed by atoms with E-state index >= 15 is 0 Å². The molecule has 1 aromatic rings. The number of rotatable bonds is 4. The fraction of sp³-hybridized carbons (Fsp3) is 0.667. The van der Waals surface area contributed by atoms with Gasteiger partial charge in [0, 0.05) is 30.1 Å². The summed E-state index contributed by atoms with van der Waals surface area (Å²) in [5.74, 6) is 0. The molecule has 0 radical (unpaired) electrons. The minimum Gasteiger partial charge on any atom is -0.371 e. The van der Waals surface area contributed by atoms with E-state index in [1.807, 2.05) is 0 Å². The predicted molar refractivity (Wildman–Crippen MR) is 93.8 cm³/mol. The van der Waals surface area contributed by atoms with E-state index in [9.17, 15) is 0 Å². The van der Waals surface area contributed by atoms with Crippen molar-refractivity contribution in [3.05, 3.63) is 28.2 Å². The largest absolute Gasteiger partial charge is 0.371 e. The van der Waals surface area contributed by atoms with Gasteiger partial charge in [0.25, 0.3) is 0 Å². The van der Waals surface area contributed by atoms with Crippen molar-refractivity contribution in [3.63, 3.8) is 0 Å². The van der Waals surface area contributed by atoms with Crippen molar-refractivity contribution in [1.82, 2.24) is 5.32 Å². The minimum atomic E-state index is 0.495. The monoisotopic (exact) mass is 350 g/mol. The molecule has 1 saturated carbocycles. The van der Waals surface area contributed by atoms with E-state index in [0.717, 1.165) is 12.6 Å². The third kappa shape index (κ3) is 4.23. The van der Waals surface area contributed by atoms with Crippen LogP contribution in [0.2, 0.25) is 0 Å². The first-order valence-corrected chi connectivity index (χ1v) is 9.10. The molecule has 3 heteroatoms. The van der Waals surface area contributed by atoms with Crippen LogP contribution in [0.25, 0.3) is 0 Å². The quantitative estimate of drug-likeness (QED) is 0.845. The molecule has 21 heavy (non-hydrogen) atoms. The van der Waals surface area contributed by atoms with Crippen molar-refractivity contribution < 1.29 is 0 Å². The predicted octanol–water partition coefficient (Wildman–Crippen LogP) is 4.72. The highest BCUT2D eigenvalue weighted by atomic mass is 79.9. The first-order chi connectivity index (χ1) is 10.0. The van der Waals surface area contributed by atoms with Crippen molar-refractivity contribution in [1.29, 1.82) is 0 Å². The molecule has 1 N–H and O–H groups in total. The highest BCUT2D eigenvalue weighted by Crippen LogP contribution is 2.34. The molecule has 2 fully saturated rings. The summed E-state index contributed by atoms with van der Waals surface area (Å²) in [6.45, 7) is 8.15. The molecule has 0 atom stereocenters. The highest BCUT2D eigenvalue weighted by molar-refractivity contribution is 9.10. The van der Waals surface area contributed by atoms with Crippen molar-refractivity contribution >= 4 is 21.6 Å². The SMILES string of the molecule is CC1(C)CCCN(c2ccc(CNC3CC3)cc2Br)CC1. The molecular weight excluding hydrogens is 324 g/mol. The van der Waals surface area contributed by atoms with Crippen molar-refractivity contribution in [3.8, 4) is 0 Å². The van der Waals surface area contributed by atoms with Crippen LogP contribution < -0.4 is 10.2 Å². The molecular formula is C18H27BrN2. The topological polar surface area (TPSA) is 15.3 Å². The Kier molecular flexibility index (Phi) is 4.60. The Morgan fingerprint density at radius 1 is 1.24 bits per heavy atom.